The van der Waals surface area contributed by atoms with E-state index in [9.17, 15) is 5.11 Å². The van der Waals surface area contributed by atoms with E-state index >= 15 is 0 Å². The van der Waals surface area contributed by atoms with Gasteiger partial charge in [0.1, 0.15) is 5.82 Å². The molecule has 0 spiro atoms. The van der Waals surface area contributed by atoms with Crippen molar-refractivity contribution in [3.05, 3.63) is 54.1 Å². The van der Waals surface area contributed by atoms with E-state index in [1.54, 1.807) is 6.20 Å². The van der Waals surface area contributed by atoms with Crippen LogP contribution in [0.15, 0.2) is 42.7 Å². The SMILES string of the molecule is CCc1nccn1CC(N)(CO)c1ccccc1. The van der Waals surface area contributed by atoms with Crippen LogP contribution in [-0.4, -0.2) is 21.3 Å². The van der Waals surface area contributed by atoms with Crippen molar-refractivity contribution < 1.29 is 5.11 Å². The Bertz CT molecular complexity index is 495. The lowest BCUT2D eigenvalue weighted by molar-refractivity contribution is 0.178. The monoisotopic (exact) mass is 245 g/mol. The summed E-state index contributed by atoms with van der Waals surface area (Å²) >= 11 is 0. The highest BCUT2D eigenvalue weighted by atomic mass is 16.3. The van der Waals surface area contributed by atoms with Gasteiger partial charge in [-0.1, -0.05) is 37.3 Å². The molecule has 0 aliphatic rings. The van der Waals surface area contributed by atoms with Gasteiger partial charge in [-0.15, -0.1) is 0 Å². The molecule has 1 aromatic heterocycles. The summed E-state index contributed by atoms with van der Waals surface area (Å²) in [5, 5.41) is 9.64. The van der Waals surface area contributed by atoms with Gasteiger partial charge in [0.2, 0.25) is 0 Å². The number of aliphatic hydroxyl groups excluding tert-OH is 1. The molecule has 4 nitrogen and oxygen atoms in total. The Morgan fingerprint density at radius 2 is 2.06 bits per heavy atom. The number of rotatable bonds is 5. The lowest BCUT2D eigenvalue weighted by atomic mass is 9.91. The molecule has 0 radical (unpaired) electrons. The molecule has 0 aliphatic heterocycles. The Kier molecular flexibility index (Phi) is 3.79. The standard InChI is InChI=1S/C14H19N3O/c1-2-13-16-8-9-17(13)10-14(15,11-18)12-6-4-3-5-7-12/h3-9,18H,2,10-11,15H2,1H3. The Hall–Kier alpha value is -1.65. The minimum atomic E-state index is -0.772. The van der Waals surface area contributed by atoms with Crippen molar-refractivity contribution in [2.24, 2.45) is 5.73 Å². The van der Waals surface area contributed by atoms with Gasteiger partial charge >= 0.3 is 0 Å². The van der Waals surface area contributed by atoms with E-state index in [0.29, 0.717) is 6.54 Å². The summed E-state index contributed by atoms with van der Waals surface area (Å²) in [6.07, 6.45) is 4.52. The summed E-state index contributed by atoms with van der Waals surface area (Å²) in [6, 6.07) is 9.69. The normalized spacial score (nSPS) is 14.4. The van der Waals surface area contributed by atoms with Crippen LogP contribution in [0.4, 0.5) is 0 Å². The van der Waals surface area contributed by atoms with Crippen molar-refractivity contribution in [3.8, 4) is 0 Å². The summed E-state index contributed by atoms with van der Waals surface area (Å²) in [5.74, 6) is 0.981. The second-order valence-corrected chi connectivity index (χ2v) is 4.51. The largest absolute Gasteiger partial charge is 0.394 e. The number of aliphatic hydroxyl groups is 1. The van der Waals surface area contributed by atoms with E-state index in [-0.39, 0.29) is 6.61 Å². The number of imidazole rings is 1. The van der Waals surface area contributed by atoms with Gasteiger partial charge in [0.05, 0.1) is 12.1 Å². The Labute approximate surface area is 107 Å². The van der Waals surface area contributed by atoms with Crippen LogP contribution in [0.25, 0.3) is 0 Å². The van der Waals surface area contributed by atoms with Gasteiger partial charge < -0.3 is 15.4 Å². The minimum absolute atomic E-state index is 0.0989. The maximum absolute atomic E-state index is 9.64. The third kappa shape index (κ3) is 2.44. The van der Waals surface area contributed by atoms with Gasteiger partial charge in [0, 0.05) is 25.4 Å². The predicted molar refractivity (Wildman–Crippen MR) is 71.0 cm³/mol. The van der Waals surface area contributed by atoms with Crippen molar-refractivity contribution >= 4 is 0 Å². The molecule has 96 valence electrons. The number of hydrogen-bond acceptors (Lipinski definition) is 3. The first-order valence-electron chi connectivity index (χ1n) is 6.15. The van der Waals surface area contributed by atoms with Crippen LogP contribution in [0.2, 0.25) is 0 Å². The minimum Gasteiger partial charge on any atom is -0.394 e. The molecule has 4 heteroatoms. The Morgan fingerprint density at radius 3 is 2.67 bits per heavy atom. The summed E-state index contributed by atoms with van der Waals surface area (Å²) in [4.78, 5) is 4.27. The van der Waals surface area contributed by atoms with Gasteiger partial charge in [-0.2, -0.15) is 0 Å². The van der Waals surface area contributed by atoms with Crippen LogP contribution in [0.1, 0.15) is 18.3 Å². The molecule has 1 atom stereocenters. The number of nitrogens with two attached hydrogens (primary N) is 1. The van der Waals surface area contributed by atoms with Gasteiger partial charge in [-0.25, -0.2) is 4.98 Å². The molecule has 1 unspecified atom stereocenters. The van der Waals surface area contributed by atoms with Crippen LogP contribution < -0.4 is 5.73 Å². The molecule has 0 saturated heterocycles. The number of aromatic nitrogens is 2. The van der Waals surface area contributed by atoms with Crippen LogP contribution in [0.5, 0.6) is 0 Å². The zero-order valence-corrected chi connectivity index (χ0v) is 10.6. The van der Waals surface area contributed by atoms with Crippen molar-refractivity contribution in [3.63, 3.8) is 0 Å². The van der Waals surface area contributed by atoms with E-state index < -0.39 is 5.54 Å². The van der Waals surface area contributed by atoms with Crippen molar-refractivity contribution in [1.29, 1.82) is 0 Å². The summed E-state index contributed by atoms with van der Waals surface area (Å²) < 4.78 is 2.00. The average Bonchev–Trinajstić information content (AvgIpc) is 2.86. The second kappa shape index (κ2) is 5.33. The number of aryl methyl sites for hydroxylation is 1. The first-order valence-corrected chi connectivity index (χ1v) is 6.15. The fourth-order valence-corrected chi connectivity index (χ4v) is 2.11. The smallest absolute Gasteiger partial charge is 0.108 e. The fourth-order valence-electron chi connectivity index (χ4n) is 2.11. The Balaban J connectivity index is 2.29. The van der Waals surface area contributed by atoms with Crippen LogP contribution in [0, 0.1) is 0 Å². The lowest BCUT2D eigenvalue weighted by Gasteiger charge is -2.29. The maximum atomic E-state index is 9.64. The molecule has 2 rings (SSSR count). The molecular formula is C14H19N3O. The number of nitrogens with zero attached hydrogens (tertiary/aromatic N) is 2. The highest BCUT2D eigenvalue weighted by Gasteiger charge is 2.27. The lowest BCUT2D eigenvalue weighted by Crippen LogP contribution is -2.44. The molecule has 0 aliphatic carbocycles. The van der Waals surface area contributed by atoms with Crippen LogP contribution in [0.3, 0.4) is 0 Å². The van der Waals surface area contributed by atoms with E-state index in [1.807, 2.05) is 41.1 Å². The van der Waals surface area contributed by atoms with Gasteiger partial charge in [-0.3, -0.25) is 0 Å². The molecule has 1 aromatic carbocycles. The summed E-state index contributed by atoms with van der Waals surface area (Å²) in [5.41, 5.74) is 6.50. The first kappa shape index (κ1) is 12.8. The van der Waals surface area contributed by atoms with Crippen molar-refractivity contribution in [2.45, 2.75) is 25.4 Å². The molecule has 0 fully saturated rings. The van der Waals surface area contributed by atoms with Gasteiger partial charge in [-0.05, 0) is 5.56 Å². The highest BCUT2D eigenvalue weighted by molar-refractivity contribution is 5.24. The van der Waals surface area contributed by atoms with Gasteiger partial charge in [0.25, 0.3) is 0 Å². The zero-order chi connectivity index (χ0) is 13.0. The molecule has 1 heterocycles. The van der Waals surface area contributed by atoms with E-state index in [2.05, 4.69) is 11.9 Å². The third-order valence-corrected chi connectivity index (χ3v) is 3.20. The molecule has 0 saturated carbocycles. The zero-order valence-electron chi connectivity index (χ0n) is 10.6. The fraction of sp³-hybridized carbons (Fsp3) is 0.357. The average molecular weight is 245 g/mol. The molecule has 3 N–H and O–H groups in total. The highest BCUT2D eigenvalue weighted by Crippen LogP contribution is 2.20. The molecular weight excluding hydrogens is 226 g/mol. The molecule has 0 bridgehead atoms. The quantitative estimate of drug-likeness (QED) is 0.834. The maximum Gasteiger partial charge on any atom is 0.108 e. The summed E-state index contributed by atoms with van der Waals surface area (Å²) in [6.45, 7) is 2.48. The van der Waals surface area contributed by atoms with Crippen molar-refractivity contribution in [1.82, 2.24) is 9.55 Å². The number of hydrogen-bond donors (Lipinski definition) is 2. The molecule has 0 amide bonds. The second-order valence-electron chi connectivity index (χ2n) is 4.51. The number of benzene rings is 1. The van der Waals surface area contributed by atoms with E-state index in [4.69, 9.17) is 5.73 Å². The predicted octanol–water partition coefficient (Wildman–Crippen LogP) is 1.29. The van der Waals surface area contributed by atoms with Gasteiger partial charge in [0.15, 0.2) is 0 Å². The Morgan fingerprint density at radius 1 is 1.33 bits per heavy atom. The summed E-state index contributed by atoms with van der Waals surface area (Å²) in [7, 11) is 0. The van der Waals surface area contributed by atoms with Crippen LogP contribution >= 0.6 is 0 Å². The topological polar surface area (TPSA) is 64.1 Å². The van der Waals surface area contributed by atoms with E-state index in [0.717, 1.165) is 17.8 Å². The first-order chi connectivity index (χ1) is 8.69. The van der Waals surface area contributed by atoms with Crippen LogP contribution in [-0.2, 0) is 18.5 Å². The van der Waals surface area contributed by atoms with E-state index in [1.165, 1.54) is 0 Å². The third-order valence-electron chi connectivity index (χ3n) is 3.20. The molecule has 18 heavy (non-hydrogen) atoms. The molecule has 2 aromatic rings. The van der Waals surface area contributed by atoms with Crippen molar-refractivity contribution in [2.75, 3.05) is 6.61 Å².